The van der Waals surface area contributed by atoms with E-state index in [1.165, 1.54) is 4.68 Å². The van der Waals surface area contributed by atoms with E-state index in [9.17, 15) is 4.79 Å². The van der Waals surface area contributed by atoms with E-state index in [4.69, 9.17) is 6.42 Å². The summed E-state index contributed by atoms with van der Waals surface area (Å²) in [6, 6.07) is 0. The third kappa shape index (κ3) is 4.37. The summed E-state index contributed by atoms with van der Waals surface area (Å²) in [5.74, 6) is 2.40. The van der Waals surface area contributed by atoms with Crippen LogP contribution in [0.4, 0.5) is 5.69 Å². The lowest BCUT2D eigenvalue weighted by Crippen LogP contribution is -2.29. The van der Waals surface area contributed by atoms with E-state index in [1.54, 1.807) is 6.20 Å². The number of halogens is 1. The van der Waals surface area contributed by atoms with Gasteiger partial charge < -0.3 is 10.2 Å². The van der Waals surface area contributed by atoms with Crippen LogP contribution >= 0.6 is 15.9 Å². The van der Waals surface area contributed by atoms with Crippen molar-refractivity contribution in [2.24, 2.45) is 0 Å². The Morgan fingerprint density at radius 3 is 2.79 bits per heavy atom. The Bertz CT molecular complexity index is 502. The molecule has 0 saturated heterocycles. The maximum absolute atomic E-state index is 11.9. The molecule has 6 heteroatoms. The highest BCUT2D eigenvalue weighted by Gasteiger charge is 2.08. The third-order valence-electron chi connectivity index (χ3n) is 2.86. The van der Waals surface area contributed by atoms with E-state index in [0.29, 0.717) is 10.2 Å². The second-order valence-electron chi connectivity index (χ2n) is 3.99. The van der Waals surface area contributed by atoms with E-state index in [0.717, 1.165) is 26.2 Å². The number of terminal acetylenes is 1. The van der Waals surface area contributed by atoms with Gasteiger partial charge in [0.2, 0.25) is 0 Å². The van der Waals surface area contributed by atoms with Gasteiger partial charge in [-0.15, -0.1) is 6.42 Å². The molecule has 0 amide bonds. The van der Waals surface area contributed by atoms with Gasteiger partial charge in [0.15, 0.2) is 0 Å². The summed E-state index contributed by atoms with van der Waals surface area (Å²) >= 11 is 3.28. The molecular formula is C13H19BrN4O. The number of likely N-dealkylation sites (N-methyl/N-ethyl adjacent to an activating group) is 1. The molecule has 0 aliphatic carbocycles. The molecule has 0 saturated carbocycles. The first-order valence-electron chi connectivity index (χ1n) is 6.29. The van der Waals surface area contributed by atoms with Gasteiger partial charge in [0, 0.05) is 13.1 Å². The van der Waals surface area contributed by atoms with Crippen molar-refractivity contribution in [3.05, 3.63) is 21.0 Å². The molecule has 19 heavy (non-hydrogen) atoms. The standard InChI is InChI=1S/C13H19BrN4O/c1-4-8-18-13(19)12(14)11(10-16-18)15-7-9-17(5-2)6-3/h1,10,15H,5-9H2,2-3H3. The minimum absolute atomic E-state index is 0.178. The Morgan fingerprint density at radius 1 is 1.53 bits per heavy atom. The zero-order valence-electron chi connectivity index (χ0n) is 11.3. The zero-order valence-corrected chi connectivity index (χ0v) is 12.9. The number of anilines is 1. The molecule has 1 N–H and O–H groups in total. The first-order chi connectivity index (χ1) is 9.13. The fourth-order valence-electron chi connectivity index (χ4n) is 1.68. The van der Waals surface area contributed by atoms with Crippen molar-refractivity contribution in [1.82, 2.24) is 14.7 Å². The van der Waals surface area contributed by atoms with Gasteiger partial charge in [-0.1, -0.05) is 19.8 Å². The minimum atomic E-state index is -0.217. The zero-order chi connectivity index (χ0) is 14.3. The van der Waals surface area contributed by atoms with Gasteiger partial charge in [0.05, 0.1) is 11.9 Å². The highest BCUT2D eigenvalue weighted by Crippen LogP contribution is 2.15. The van der Waals surface area contributed by atoms with Crippen molar-refractivity contribution in [3.8, 4) is 12.3 Å². The second-order valence-corrected chi connectivity index (χ2v) is 4.79. The number of nitrogens with one attached hydrogen (secondary N) is 1. The Morgan fingerprint density at radius 2 is 2.21 bits per heavy atom. The molecule has 1 rings (SSSR count). The number of nitrogens with zero attached hydrogens (tertiary/aromatic N) is 3. The predicted octanol–water partition coefficient (Wildman–Crippen LogP) is 1.39. The van der Waals surface area contributed by atoms with Gasteiger partial charge in [0.1, 0.15) is 11.0 Å². The molecule has 0 bridgehead atoms. The summed E-state index contributed by atoms with van der Waals surface area (Å²) in [5.41, 5.74) is 0.483. The monoisotopic (exact) mass is 326 g/mol. The molecule has 0 unspecified atom stereocenters. The van der Waals surface area contributed by atoms with E-state index < -0.39 is 0 Å². The SMILES string of the molecule is C#CCn1ncc(NCCN(CC)CC)c(Br)c1=O. The van der Waals surface area contributed by atoms with Gasteiger partial charge in [0.25, 0.3) is 5.56 Å². The smallest absolute Gasteiger partial charge is 0.284 e. The van der Waals surface area contributed by atoms with Crippen LogP contribution in [0.25, 0.3) is 0 Å². The number of aromatic nitrogens is 2. The summed E-state index contributed by atoms with van der Waals surface area (Å²) in [6.07, 6.45) is 6.79. The first kappa shape index (κ1) is 15.7. The molecule has 1 heterocycles. The van der Waals surface area contributed by atoms with Crippen molar-refractivity contribution in [2.75, 3.05) is 31.5 Å². The molecule has 5 nitrogen and oxygen atoms in total. The topological polar surface area (TPSA) is 50.2 Å². The highest BCUT2D eigenvalue weighted by molar-refractivity contribution is 9.10. The lowest BCUT2D eigenvalue weighted by Gasteiger charge is -2.18. The Kier molecular flexibility index (Phi) is 6.60. The lowest BCUT2D eigenvalue weighted by molar-refractivity contribution is 0.316. The van der Waals surface area contributed by atoms with Crippen molar-refractivity contribution in [1.29, 1.82) is 0 Å². The van der Waals surface area contributed by atoms with Gasteiger partial charge in [-0.3, -0.25) is 4.79 Å². The third-order valence-corrected chi connectivity index (χ3v) is 3.63. The number of hydrogen-bond donors (Lipinski definition) is 1. The summed E-state index contributed by atoms with van der Waals surface area (Å²) in [6.45, 7) is 8.15. The number of rotatable bonds is 7. The van der Waals surface area contributed by atoms with E-state index >= 15 is 0 Å². The molecule has 104 valence electrons. The van der Waals surface area contributed by atoms with Crippen LogP contribution < -0.4 is 10.9 Å². The Balaban J connectivity index is 2.68. The predicted molar refractivity (Wildman–Crippen MR) is 81.3 cm³/mol. The summed E-state index contributed by atoms with van der Waals surface area (Å²) in [4.78, 5) is 14.2. The van der Waals surface area contributed by atoms with Crippen molar-refractivity contribution in [2.45, 2.75) is 20.4 Å². The van der Waals surface area contributed by atoms with Gasteiger partial charge in [-0.25, -0.2) is 4.68 Å². The highest BCUT2D eigenvalue weighted by atomic mass is 79.9. The van der Waals surface area contributed by atoms with Crippen LogP contribution in [0.15, 0.2) is 15.5 Å². The van der Waals surface area contributed by atoms with Crippen LogP contribution in [0.1, 0.15) is 13.8 Å². The molecule has 0 aliphatic rings. The molecule has 0 aliphatic heterocycles. The lowest BCUT2D eigenvalue weighted by atomic mass is 10.4. The summed E-state index contributed by atoms with van der Waals surface area (Å²) in [5, 5.41) is 7.23. The average molecular weight is 327 g/mol. The fourth-order valence-corrected chi connectivity index (χ4v) is 2.12. The molecule has 0 atom stereocenters. The van der Waals surface area contributed by atoms with Crippen molar-refractivity contribution < 1.29 is 0 Å². The Hall–Kier alpha value is -1.32. The van der Waals surface area contributed by atoms with E-state index in [-0.39, 0.29) is 12.1 Å². The largest absolute Gasteiger partial charge is 0.381 e. The van der Waals surface area contributed by atoms with Gasteiger partial charge in [-0.2, -0.15) is 5.10 Å². The fraction of sp³-hybridized carbons (Fsp3) is 0.538. The van der Waals surface area contributed by atoms with Crippen molar-refractivity contribution in [3.63, 3.8) is 0 Å². The van der Waals surface area contributed by atoms with E-state index in [1.807, 2.05) is 0 Å². The second kappa shape index (κ2) is 7.97. The molecule has 1 aromatic rings. The van der Waals surface area contributed by atoms with Crippen LogP contribution in [0.3, 0.4) is 0 Å². The average Bonchev–Trinajstić information content (AvgIpc) is 2.42. The quantitative estimate of drug-likeness (QED) is 0.769. The van der Waals surface area contributed by atoms with Crippen LogP contribution in [-0.2, 0) is 6.54 Å². The minimum Gasteiger partial charge on any atom is -0.381 e. The maximum Gasteiger partial charge on any atom is 0.284 e. The van der Waals surface area contributed by atoms with Crippen LogP contribution in [0, 0.1) is 12.3 Å². The normalized spacial score (nSPS) is 10.5. The molecule has 1 aromatic heterocycles. The Labute approximate surface area is 122 Å². The molecular weight excluding hydrogens is 308 g/mol. The van der Waals surface area contributed by atoms with Gasteiger partial charge >= 0.3 is 0 Å². The first-order valence-corrected chi connectivity index (χ1v) is 7.08. The summed E-state index contributed by atoms with van der Waals surface area (Å²) < 4.78 is 1.72. The van der Waals surface area contributed by atoms with Crippen LogP contribution in [-0.4, -0.2) is 40.9 Å². The van der Waals surface area contributed by atoms with Crippen molar-refractivity contribution >= 4 is 21.6 Å². The molecule has 0 spiro atoms. The van der Waals surface area contributed by atoms with Crippen LogP contribution in [0.2, 0.25) is 0 Å². The molecule has 0 radical (unpaired) electrons. The molecule has 0 fully saturated rings. The molecule has 0 aromatic carbocycles. The van der Waals surface area contributed by atoms with Crippen LogP contribution in [0.5, 0.6) is 0 Å². The number of hydrogen-bond acceptors (Lipinski definition) is 4. The maximum atomic E-state index is 11.9. The summed E-state index contributed by atoms with van der Waals surface area (Å²) in [7, 11) is 0. The van der Waals surface area contributed by atoms with E-state index in [2.05, 4.69) is 51.0 Å². The van der Waals surface area contributed by atoms with Gasteiger partial charge in [-0.05, 0) is 29.0 Å².